The predicted octanol–water partition coefficient (Wildman–Crippen LogP) is 2.53. The van der Waals surface area contributed by atoms with Crippen LogP contribution in [0.3, 0.4) is 0 Å². The summed E-state index contributed by atoms with van der Waals surface area (Å²) in [6.45, 7) is 4.93. The van der Waals surface area contributed by atoms with Gasteiger partial charge in [-0.15, -0.1) is 11.3 Å². The standard InChI is InChI=1S/C13H16N4OS/c1-3-5-17-12-11(8(2)16-17)9(7-10(18)15-12)13-14-4-6-19-13/h4,6,9H,3,5,7H2,1-2H3,(H,15,18). The van der Waals surface area contributed by atoms with Crippen molar-refractivity contribution in [3.05, 3.63) is 27.8 Å². The molecule has 0 fully saturated rings. The van der Waals surface area contributed by atoms with Crippen LogP contribution in [0.4, 0.5) is 5.82 Å². The lowest BCUT2D eigenvalue weighted by atomic mass is 9.93. The zero-order chi connectivity index (χ0) is 13.4. The number of aryl methyl sites for hydroxylation is 2. The van der Waals surface area contributed by atoms with Gasteiger partial charge in [-0.1, -0.05) is 6.92 Å². The normalized spacial score (nSPS) is 18.2. The Morgan fingerprint density at radius 1 is 1.58 bits per heavy atom. The van der Waals surface area contributed by atoms with Crippen molar-refractivity contribution in [1.29, 1.82) is 0 Å². The molecular weight excluding hydrogens is 260 g/mol. The molecule has 0 aromatic carbocycles. The number of hydrogen-bond donors (Lipinski definition) is 1. The maximum Gasteiger partial charge on any atom is 0.226 e. The van der Waals surface area contributed by atoms with Crippen LogP contribution in [-0.2, 0) is 11.3 Å². The Bertz CT molecular complexity index is 602. The zero-order valence-corrected chi connectivity index (χ0v) is 11.8. The van der Waals surface area contributed by atoms with Gasteiger partial charge >= 0.3 is 0 Å². The van der Waals surface area contributed by atoms with Crippen molar-refractivity contribution in [1.82, 2.24) is 14.8 Å². The summed E-state index contributed by atoms with van der Waals surface area (Å²) in [6.07, 6.45) is 3.24. The topological polar surface area (TPSA) is 59.8 Å². The largest absolute Gasteiger partial charge is 0.311 e. The van der Waals surface area contributed by atoms with E-state index in [9.17, 15) is 4.79 Å². The van der Waals surface area contributed by atoms with E-state index in [2.05, 4.69) is 22.3 Å². The van der Waals surface area contributed by atoms with Crippen LogP contribution in [0.25, 0.3) is 0 Å². The first-order chi connectivity index (χ1) is 9.20. The minimum atomic E-state index is 0.0463. The second-order valence-corrected chi connectivity index (χ2v) is 5.67. The molecule has 0 spiro atoms. The van der Waals surface area contributed by atoms with Crippen LogP contribution in [0.2, 0.25) is 0 Å². The molecular formula is C13H16N4OS. The molecule has 6 heteroatoms. The van der Waals surface area contributed by atoms with Gasteiger partial charge in [0.05, 0.1) is 11.6 Å². The van der Waals surface area contributed by atoms with Gasteiger partial charge in [-0.3, -0.25) is 4.79 Å². The molecule has 1 unspecified atom stereocenters. The van der Waals surface area contributed by atoms with E-state index in [1.165, 1.54) is 0 Å². The molecule has 0 bridgehead atoms. The summed E-state index contributed by atoms with van der Waals surface area (Å²) in [5.74, 6) is 0.954. The predicted molar refractivity (Wildman–Crippen MR) is 74.5 cm³/mol. The smallest absolute Gasteiger partial charge is 0.226 e. The van der Waals surface area contributed by atoms with Crippen LogP contribution < -0.4 is 5.32 Å². The van der Waals surface area contributed by atoms with E-state index in [-0.39, 0.29) is 11.8 Å². The summed E-state index contributed by atoms with van der Waals surface area (Å²) in [5, 5.41) is 10.5. The highest BCUT2D eigenvalue weighted by molar-refractivity contribution is 7.09. The monoisotopic (exact) mass is 276 g/mol. The van der Waals surface area contributed by atoms with Gasteiger partial charge in [-0.2, -0.15) is 5.10 Å². The fourth-order valence-corrected chi connectivity index (χ4v) is 3.35. The zero-order valence-electron chi connectivity index (χ0n) is 11.0. The highest BCUT2D eigenvalue weighted by Crippen LogP contribution is 2.39. The van der Waals surface area contributed by atoms with Gasteiger partial charge in [0.2, 0.25) is 5.91 Å². The number of thiazole rings is 1. The fraction of sp³-hybridized carbons (Fsp3) is 0.462. The Balaban J connectivity index is 2.10. The number of amides is 1. The lowest BCUT2D eigenvalue weighted by Crippen LogP contribution is -2.25. The van der Waals surface area contributed by atoms with E-state index in [0.29, 0.717) is 6.42 Å². The van der Waals surface area contributed by atoms with E-state index in [1.807, 2.05) is 17.0 Å². The first-order valence-corrected chi connectivity index (χ1v) is 7.35. The lowest BCUT2D eigenvalue weighted by Gasteiger charge is -2.22. The third-order valence-electron chi connectivity index (χ3n) is 3.35. The molecule has 2 aromatic rings. The number of hydrogen-bond acceptors (Lipinski definition) is 4. The van der Waals surface area contributed by atoms with Crippen molar-refractivity contribution in [2.24, 2.45) is 0 Å². The van der Waals surface area contributed by atoms with Gasteiger partial charge in [-0.25, -0.2) is 9.67 Å². The molecule has 19 heavy (non-hydrogen) atoms. The molecule has 1 atom stereocenters. The van der Waals surface area contributed by atoms with Gasteiger partial charge < -0.3 is 5.32 Å². The maximum absolute atomic E-state index is 11.9. The van der Waals surface area contributed by atoms with E-state index >= 15 is 0 Å². The number of anilines is 1. The third kappa shape index (κ3) is 2.06. The second kappa shape index (κ2) is 4.77. The summed E-state index contributed by atoms with van der Waals surface area (Å²) < 4.78 is 1.91. The first kappa shape index (κ1) is 12.3. The second-order valence-electron chi connectivity index (χ2n) is 4.75. The number of carbonyl (C=O) groups excluding carboxylic acids is 1. The van der Waals surface area contributed by atoms with Gasteiger partial charge in [0.1, 0.15) is 10.8 Å². The van der Waals surface area contributed by atoms with Crippen LogP contribution in [0.1, 0.15) is 41.9 Å². The molecule has 3 rings (SSSR count). The number of nitrogens with one attached hydrogen (secondary N) is 1. The lowest BCUT2D eigenvalue weighted by molar-refractivity contribution is -0.116. The fourth-order valence-electron chi connectivity index (χ4n) is 2.61. The molecule has 1 amide bonds. The van der Waals surface area contributed by atoms with Gasteiger partial charge in [0, 0.05) is 30.1 Å². The van der Waals surface area contributed by atoms with Crippen LogP contribution in [-0.4, -0.2) is 20.7 Å². The summed E-state index contributed by atoms with van der Waals surface area (Å²) >= 11 is 1.60. The van der Waals surface area contributed by atoms with Crippen LogP contribution in [0.5, 0.6) is 0 Å². The number of nitrogens with zero attached hydrogens (tertiary/aromatic N) is 3. The molecule has 1 aliphatic heterocycles. The molecule has 1 aliphatic rings. The van der Waals surface area contributed by atoms with Crippen molar-refractivity contribution in [2.75, 3.05) is 5.32 Å². The molecule has 0 radical (unpaired) electrons. The average Bonchev–Trinajstić information content (AvgIpc) is 2.99. The Hall–Kier alpha value is -1.69. The van der Waals surface area contributed by atoms with E-state index in [4.69, 9.17) is 0 Å². The Morgan fingerprint density at radius 3 is 3.11 bits per heavy atom. The van der Waals surface area contributed by atoms with Crippen molar-refractivity contribution in [2.45, 2.75) is 39.2 Å². The first-order valence-electron chi connectivity index (χ1n) is 6.47. The highest BCUT2D eigenvalue weighted by Gasteiger charge is 2.33. The number of fused-ring (bicyclic) bond motifs is 1. The van der Waals surface area contributed by atoms with E-state index in [1.54, 1.807) is 17.5 Å². The molecule has 2 aromatic heterocycles. The molecule has 1 N–H and O–H groups in total. The molecule has 0 aliphatic carbocycles. The summed E-state index contributed by atoms with van der Waals surface area (Å²) in [6, 6.07) is 0. The molecule has 0 saturated heterocycles. The van der Waals surface area contributed by atoms with E-state index in [0.717, 1.165) is 35.0 Å². The van der Waals surface area contributed by atoms with Crippen LogP contribution in [0, 0.1) is 6.92 Å². The molecule has 0 saturated carbocycles. The van der Waals surface area contributed by atoms with E-state index < -0.39 is 0 Å². The van der Waals surface area contributed by atoms with Crippen molar-refractivity contribution in [3.63, 3.8) is 0 Å². The quantitative estimate of drug-likeness (QED) is 0.937. The molecule has 100 valence electrons. The highest BCUT2D eigenvalue weighted by atomic mass is 32.1. The third-order valence-corrected chi connectivity index (χ3v) is 4.24. The van der Waals surface area contributed by atoms with Crippen LogP contribution >= 0.6 is 11.3 Å². The number of aromatic nitrogens is 3. The van der Waals surface area contributed by atoms with Gasteiger partial charge in [0.15, 0.2) is 0 Å². The van der Waals surface area contributed by atoms with Crippen molar-refractivity contribution < 1.29 is 4.79 Å². The number of carbonyl (C=O) groups is 1. The Morgan fingerprint density at radius 2 is 2.42 bits per heavy atom. The summed E-state index contributed by atoms with van der Waals surface area (Å²) in [7, 11) is 0. The van der Waals surface area contributed by atoms with Crippen LogP contribution in [0.15, 0.2) is 11.6 Å². The average molecular weight is 276 g/mol. The Kier molecular flexibility index (Phi) is 3.10. The Labute approximate surface area is 115 Å². The maximum atomic E-state index is 11.9. The summed E-state index contributed by atoms with van der Waals surface area (Å²) in [5.41, 5.74) is 2.12. The van der Waals surface area contributed by atoms with Gasteiger partial charge in [0.25, 0.3) is 0 Å². The molecule has 3 heterocycles. The number of rotatable bonds is 3. The van der Waals surface area contributed by atoms with Gasteiger partial charge in [-0.05, 0) is 13.3 Å². The van der Waals surface area contributed by atoms with Crippen molar-refractivity contribution in [3.8, 4) is 0 Å². The molecule has 5 nitrogen and oxygen atoms in total. The minimum absolute atomic E-state index is 0.0463. The van der Waals surface area contributed by atoms with Crippen molar-refractivity contribution >= 4 is 23.1 Å². The summed E-state index contributed by atoms with van der Waals surface area (Å²) in [4.78, 5) is 16.3. The minimum Gasteiger partial charge on any atom is -0.311 e. The SMILES string of the molecule is CCCn1nc(C)c2c1NC(=O)CC2c1nccs1.